The molecule has 3 nitrogen and oxygen atoms in total. The molecule has 0 aliphatic rings. The first-order valence-corrected chi connectivity index (χ1v) is 5.77. The molecule has 0 saturated carbocycles. The molecule has 0 aromatic rings. The van der Waals surface area contributed by atoms with Crippen molar-refractivity contribution in [3.8, 4) is 0 Å². The number of hydrogen-bond donors (Lipinski definition) is 1. The third kappa shape index (κ3) is 17.8. The van der Waals surface area contributed by atoms with E-state index in [1.807, 2.05) is 13.8 Å². The first kappa shape index (κ1) is 16.3. The van der Waals surface area contributed by atoms with Crippen LogP contribution >= 0.6 is 0 Å². The molecule has 0 rings (SSSR count). The average Bonchev–Trinajstić information content (AvgIpc) is 2.25. The fourth-order valence-electron chi connectivity index (χ4n) is 0.797. The zero-order valence-electron chi connectivity index (χ0n) is 10.1. The zero-order chi connectivity index (χ0) is 11.1. The van der Waals surface area contributed by atoms with Crippen molar-refractivity contribution in [2.45, 2.75) is 40.0 Å². The third-order valence-corrected chi connectivity index (χ3v) is 1.42. The van der Waals surface area contributed by atoms with Crippen molar-refractivity contribution in [3.63, 3.8) is 0 Å². The molecule has 0 aliphatic heterocycles. The van der Waals surface area contributed by atoms with Gasteiger partial charge in [0.2, 0.25) is 0 Å². The first-order valence-electron chi connectivity index (χ1n) is 5.77. The van der Waals surface area contributed by atoms with E-state index in [9.17, 15) is 0 Å². The lowest BCUT2D eigenvalue weighted by molar-refractivity contribution is 0.0826. The van der Waals surface area contributed by atoms with Gasteiger partial charge in [-0.05, 0) is 25.8 Å². The van der Waals surface area contributed by atoms with E-state index in [1.54, 1.807) is 0 Å². The quantitative estimate of drug-likeness (QED) is 0.591. The highest BCUT2D eigenvalue weighted by molar-refractivity contribution is 4.38. The lowest BCUT2D eigenvalue weighted by atomic mass is 10.4. The maximum Gasteiger partial charge on any atom is 0.0487 e. The fraction of sp³-hybridized carbons (Fsp3) is 1.00. The number of ether oxygens (including phenoxy) is 2. The van der Waals surface area contributed by atoms with Gasteiger partial charge in [-0.3, -0.25) is 0 Å². The summed E-state index contributed by atoms with van der Waals surface area (Å²) in [5.74, 6) is 0. The van der Waals surface area contributed by atoms with Crippen LogP contribution in [0.2, 0.25) is 0 Å². The van der Waals surface area contributed by atoms with E-state index in [-0.39, 0.29) is 1.43 Å². The molecule has 0 saturated heterocycles. The van der Waals surface area contributed by atoms with Gasteiger partial charge in [0.05, 0.1) is 0 Å². The lowest BCUT2D eigenvalue weighted by Gasteiger charge is -2.03. The minimum atomic E-state index is 0. The minimum Gasteiger partial charge on any atom is -0.381 e. The Morgan fingerprint density at radius 3 is 1.93 bits per heavy atom. The standard InChI is InChI=1S/C9H21NO2.C2H6.H2/c1-2-6-11-8-4-9-12-7-3-5-10;1-2;/h2-10H2,1H3;1-2H3;1H. The molecule has 90 valence electrons. The summed E-state index contributed by atoms with van der Waals surface area (Å²) in [5.41, 5.74) is 5.30. The van der Waals surface area contributed by atoms with Gasteiger partial charge in [-0.2, -0.15) is 0 Å². The molecular weight excluding hydrogens is 178 g/mol. The summed E-state index contributed by atoms with van der Waals surface area (Å²) in [6.07, 6.45) is 3.04. The highest BCUT2D eigenvalue weighted by atomic mass is 16.5. The highest BCUT2D eigenvalue weighted by Gasteiger charge is 1.89. The summed E-state index contributed by atoms with van der Waals surface area (Å²) in [5, 5.41) is 0. The van der Waals surface area contributed by atoms with E-state index in [2.05, 4.69) is 6.92 Å². The predicted molar refractivity (Wildman–Crippen MR) is 63.7 cm³/mol. The molecular formula is C11H29NO2. The second-order valence-corrected chi connectivity index (χ2v) is 2.72. The average molecular weight is 207 g/mol. The molecule has 0 unspecified atom stereocenters. The summed E-state index contributed by atoms with van der Waals surface area (Å²) in [7, 11) is 0. The Balaban J connectivity index is -0.000000449. The van der Waals surface area contributed by atoms with Crippen LogP contribution in [-0.4, -0.2) is 33.0 Å². The van der Waals surface area contributed by atoms with Crippen LogP contribution in [0.15, 0.2) is 0 Å². The van der Waals surface area contributed by atoms with E-state index in [1.165, 1.54) is 0 Å². The van der Waals surface area contributed by atoms with Crippen LogP contribution in [0.5, 0.6) is 0 Å². The van der Waals surface area contributed by atoms with E-state index < -0.39 is 0 Å². The van der Waals surface area contributed by atoms with Gasteiger partial charge in [0.25, 0.3) is 0 Å². The van der Waals surface area contributed by atoms with Crippen molar-refractivity contribution < 1.29 is 10.9 Å². The smallest absolute Gasteiger partial charge is 0.0487 e. The van der Waals surface area contributed by atoms with Gasteiger partial charge in [-0.1, -0.05) is 20.8 Å². The van der Waals surface area contributed by atoms with Crippen molar-refractivity contribution in [3.05, 3.63) is 0 Å². The highest BCUT2D eigenvalue weighted by Crippen LogP contribution is 1.87. The zero-order valence-corrected chi connectivity index (χ0v) is 10.1. The van der Waals surface area contributed by atoms with Crippen molar-refractivity contribution in [1.82, 2.24) is 0 Å². The normalized spacial score (nSPS) is 9.43. The molecule has 0 aromatic carbocycles. The van der Waals surface area contributed by atoms with E-state index >= 15 is 0 Å². The van der Waals surface area contributed by atoms with Gasteiger partial charge in [0.1, 0.15) is 0 Å². The molecule has 0 aliphatic carbocycles. The Morgan fingerprint density at radius 1 is 0.929 bits per heavy atom. The number of nitrogens with two attached hydrogens (primary N) is 1. The first-order chi connectivity index (χ1) is 6.91. The Morgan fingerprint density at radius 2 is 1.43 bits per heavy atom. The molecule has 0 aromatic heterocycles. The van der Waals surface area contributed by atoms with Gasteiger partial charge in [-0.25, -0.2) is 0 Å². The topological polar surface area (TPSA) is 44.5 Å². The van der Waals surface area contributed by atoms with Crippen molar-refractivity contribution in [2.24, 2.45) is 5.73 Å². The molecule has 0 amide bonds. The molecule has 0 atom stereocenters. The summed E-state index contributed by atoms with van der Waals surface area (Å²) >= 11 is 0. The van der Waals surface area contributed by atoms with Gasteiger partial charge in [0.15, 0.2) is 0 Å². The second-order valence-electron chi connectivity index (χ2n) is 2.72. The van der Waals surface area contributed by atoms with Crippen molar-refractivity contribution >= 4 is 0 Å². The van der Waals surface area contributed by atoms with E-state index in [0.717, 1.165) is 45.7 Å². The largest absolute Gasteiger partial charge is 0.381 e. The molecule has 14 heavy (non-hydrogen) atoms. The van der Waals surface area contributed by atoms with Gasteiger partial charge < -0.3 is 15.2 Å². The van der Waals surface area contributed by atoms with Crippen LogP contribution in [-0.2, 0) is 9.47 Å². The maximum atomic E-state index is 5.30. The summed E-state index contributed by atoms with van der Waals surface area (Å²) in [6.45, 7) is 10.1. The van der Waals surface area contributed by atoms with Crippen molar-refractivity contribution in [2.75, 3.05) is 33.0 Å². The molecule has 0 spiro atoms. The van der Waals surface area contributed by atoms with E-state index in [0.29, 0.717) is 6.54 Å². The summed E-state index contributed by atoms with van der Waals surface area (Å²) in [6, 6.07) is 0. The Hall–Kier alpha value is -0.120. The number of rotatable bonds is 9. The number of hydrogen-bond acceptors (Lipinski definition) is 3. The maximum absolute atomic E-state index is 5.30. The minimum absolute atomic E-state index is 0. The molecule has 0 bridgehead atoms. The SMILES string of the molecule is CC.CCCOCCCOCCCN.[HH]. The summed E-state index contributed by atoms with van der Waals surface area (Å²) < 4.78 is 10.6. The van der Waals surface area contributed by atoms with Gasteiger partial charge in [0, 0.05) is 27.9 Å². The molecule has 0 heterocycles. The molecule has 0 fully saturated rings. The van der Waals surface area contributed by atoms with Crippen LogP contribution in [0.3, 0.4) is 0 Å². The van der Waals surface area contributed by atoms with Crippen LogP contribution in [0.25, 0.3) is 0 Å². The Labute approximate surface area is 90.4 Å². The predicted octanol–water partition coefficient (Wildman–Crippen LogP) is 2.44. The molecule has 0 radical (unpaired) electrons. The monoisotopic (exact) mass is 207 g/mol. The fourth-order valence-corrected chi connectivity index (χ4v) is 0.797. The van der Waals surface area contributed by atoms with Gasteiger partial charge in [-0.15, -0.1) is 0 Å². The van der Waals surface area contributed by atoms with Crippen LogP contribution in [0, 0.1) is 0 Å². The van der Waals surface area contributed by atoms with Crippen LogP contribution in [0.1, 0.15) is 41.5 Å². The van der Waals surface area contributed by atoms with Crippen molar-refractivity contribution in [1.29, 1.82) is 0 Å². The Kier molecular flexibility index (Phi) is 21.7. The molecule has 2 N–H and O–H groups in total. The van der Waals surface area contributed by atoms with Gasteiger partial charge >= 0.3 is 0 Å². The van der Waals surface area contributed by atoms with Crippen LogP contribution in [0.4, 0.5) is 0 Å². The third-order valence-electron chi connectivity index (χ3n) is 1.42. The van der Waals surface area contributed by atoms with E-state index in [4.69, 9.17) is 15.2 Å². The lowest BCUT2D eigenvalue weighted by Crippen LogP contribution is -2.06. The molecule has 3 heteroatoms. The Bertz CT molecular complexity index is 75.0. The van der Waals surface area contributed by atoms with Crippen LogP contribution < -0.4 is 5.73 Å². The summed E-state index contributed by atoms with van der Waals surface area (Å²) in [4.78, 5) is 0. The second kappa shape index (κ2) is 18.6.